The van der Waals surface area contributed by atoms with E-state index in [1.165, 1.54) is 0 Å². The normalized spacial score (nSPS) is 18.1. The zero-order valence-corrected chi connectivity index (χ0v) is 16.5. The van der Waals surface area contributed by atoms with Gasteiger partial charge in [0.2, 0.25) is 11.8 Å². The molecule has 0 aliphatic carbocycles. The number of halogens is 1. The van der Waals surface area contributed by atoms with Crippen LogP contribution in [0.25, 0.3) is 0 Å². The Kier molecular flexibility index (Phi) is 6.67. The van der Waals surface area contributed by atoms with E-state index in [0.717, 1.165) is 23.1 Å². The summed E-state index contributed by atoms with van der Waals surface area (Å²) >= 11 is 7.20. The maximum absolute atomic E-state index is 12.5. The molecule has 9 heteroatoms. The molecule has 2 N–H and O–H groups in total. The predicted molar refractivity (Wildman–Crippen MR) is 112 cm³/mol. The summed E-state index contributed by atoms with van der Waals surface area (Å²) in [6, 6.07) is 14.2. The van der Waals surface area contributed by atoms with Gasteiger partial charge in [-0.3, -0.25) is 9.59 Å². The number of thioether (sulfide) groups is 1. The van der Waals surface area contributed by atoms with Crippen molar-refractivity contribution in [1.29, 1.82) is 0 Å². The molecule has 0 saturated carbocycles. The van der Waals surface area contributed by atoms with Gasteiger partial charge in [-0.1, -0.05) is 35.5 Å². The van der Waals surface area contributed by atoms with Crippen molar-refractivity contribution in [2.75, 3.05) is 12.4 Å². The van der Waals surface area contributed by atoms with Gasteiger partial charge in [-0.25, -0.2) is 0 Å². The molecule has 28 heavy (non-hydrogen) atoms. The molecule has 1 heterocycles. The number of nitrogens with one attached hydrogen (secondary N) is 2. The average molecular weight is 417 g/mol. The Morgan fingerprint density at radius 3 is 2.75 bits per heavy atom. The van der Waals surface area contributed by atoms with E-state index >= 15 is 0 Å². The van der Waals surface area contributed by atoms with Gasteiger partial charge in [-0.15, -0.1) is 5.10 Å². The van der Waals surface area contributed by atoms with Gasteiger partial charge >= 0.3 is 0 Å². The van der Waals surface area contributed by atoms with E-state index in [4.69, 9.17) is 16.3 Å². The monoisotopic (exact) mass is 416 g/mol. The Morgan fingerprint density at radius 2 is 2.04 bits per heavy atom. The quantitative estimate of drug-likeness (QED) is 0.577. The Morgan fingerprint density at radius 1 is 1.29 bits per heavy atom. The van der Waals surface area contributed by atoms with Crippen LogP contribution in [0.3, 0.4) is 0 Å². The van der Waals surface area contributed by atoms with Gasteiger partial charge in [0, 0.05) is 6.42 Å². The summed E-state index contributed by atoms with van der Waals surface area (Å²) in [7, 11) is 1.59. The molecule has 2 aromatic carbocycles. The van der Waals surface area contributed by atoms with Crippen molar-refractivity contribution in [3.05, 3.63) is 59.1 Å². The van der Waals surface area contributed by atoms with E-state index in [-0.39, 0.29) is 23.4 Å². The number of para-hydroxylation sites is 1. The number of hydrogen-bond donors (Lipinski definition) is 2. The summed E-state index contributed by atoms with van der Waals surface area (Å²) in [5.74, 6) is 0.127. The van der Waals surface area contributed by atoms with Gasteiger partial charge in [-0.05, 0) is 42.0 Å². The molecule has 7 nitrogen and oxygen atoms in total. The van der Waals surface area contributed by atoms with Crippen molar-refractivity contribution in [3.8, 4) is 5.75 Å². The van der Waals surface area contributed by atoms with Gasteiger partial charge < -0.3 is 15.4 Å². The molecule has 0 bridgehead atoms. The van der Waals surface area contributed by atoms with Crippen LogP contribution < -0.4 is 15.4 Å². The van der Waals surface area contributed by atoms with Crippen molar-refractivity contribution in [3.63, 3.8) is 0 Å². The third-order valence-corrected chi connectivity index (χ3v) is 5.17. The highest BCUT2D eigenvalue weighted by molar-refractivity contribution is 8.15. The maximum Gasteiger partial charge on any atom is 0.238 e. The number of ether oxygens (including phenoxy) is 1. The molecule has 144 valence electrons. The van der Waals surface area contributed by atoms with Gasteiger partial charge in [0.25, 0.3) is 0 Å². The number of amidine groups is 1. The molecule has 0 aromatic heterocycles. The van der Waals surface area contributed by atoms with E-state index in [9.17, 15) is 9.59 Å². The minimum atomic E-state index is -0.625. The average Bonchev–Trinajstić information content (AvgIpc) is 2.70. The summed E-state index contributed by atoms with van der Waals surface area (Å²) < 4.78 is 5.10. The van der Waals surface area contributed by atoms with Crippen molar-refractivity contribution in [1.82, 2.24) is 5.32 Å². The van der Waals surface area contributed by atoms with Crippen LogP contribution >= 0.6 is 23.4 Å². The first-order valence-corrected chi connectivity index (χ1v) is 9.58. The molecule has 1 saturated heterocycles. The summed E-state index contributed by atoms with van der Waals surface area (Å²) in [5.41, 5.74) is 1.32. The lowest BCUT2D eigenvalue weighted by atomic mass is 10.2. The second kappa shape index (κ2) is 9.38. The highest BCUT2D eigenvalue weighted by Crippen LogP contribution is 2.25. The molecule has 2 amide bonds. The summed E-state index contributed by atoms with van der Waals surface area (Å²) in [6.07, 6.45) is 1.59. The van der Waals surface area contributed by atoms with Crippen LogP contribution in [0.2, 0.25) is 5.02 Å². The lowest BCUT2D eigenvalue weighted by Gasteiger charge is -2.21. The Balaban J connectivity index is 1.65. The van der Waals surface area contributed by atoms with Gasteiger partial charge in [0.1, 0.15) is 11.0 Å². The van der Waals surface area contributed by atoms with Crippen molar-refractivity contribution in [2.24, 2.45) is 10.2 Å². The summed E-state index contributed by atoms with van der Waals surface area (Å²) in [5, 5.41) is 13.4. The molecule has 1 fully saturated rings. The highest BCUT2D eigenvalue weighted by Gasteiger charge is 2.30. The van der Waals surface area contributed by atoms with Crippen LogP contribution in [0.5, 0.6) is 5.75 Å². The number of carbonyl (C=O) groups excluding carboxylic acids is 2. The zero-order valence-electron chi connectivity index (χ0n) is 14.9. The first-order chi connectivity index (χ1) is 13.5. The number of amides is 2. The fraction of sp³-hybridized carbons (Fsp3) is 0.158. The molecule has 3 rings (SSSR count). The van der Waals surface area contributed by atoms with Crippen LogP contribution in [0.15, 0.2) is 58.7 Å². The lowest BCUT2D eigenvalue weighted by Crippen LogP contribution is -2.41. The van der Waals surface area contributed by atoms with E-state index in [1.807, 2.05) is 12.1 Å². The van der Waals surface area contributed by atoms with E-state index < -0.39 is 5.25 Å². The molecule has 1 unspecified atom stereocenters. The summed E-state index contributed by atoms with van der Waals surface area (Å²) in [4.78, 5) is 24.4. The van der Waals surface area contributed by atoms with Gasteiger partial charge in [0.05, 0.1) is 24.0 Å². The second-order valence-electron chi connectivity index (χ2n) is 5.75. The molecule has 1 aliphatic heterocycles. The minimum Gasteiger partial charge on any atom is -0.497 e. The first-order valence-electron chi connectivity index (χ1n) is 8.32. The number of methoxy groups -OCH3 is 1. The molecular weight excluding hydrogens is 400 g/mol. The molecule has 1 aliphatic rings. The van der Waals surface area contributed by atoms with Crippen LogP contribution in [-0.4, -0.2) is 35.6 Å². The SMILES string of the molecule is COc1ccc(C=NN=C2NC(=O)CC(C(=O)Nc3ccccc3Cl)S2)cc1. The third-order valence-electron chi connectivity index (χ3n) is 3.77. The lowest BCUT2D eigenvalue weighted by molar-refractivity contribution is -0.123. The topological polar surface area (TPSA) is 92.2 Å². The Labute approximate surface area is 171 Å². The van der Waals surface area contributed by atoms with Gasteiger partial charge in [0.15, 0.2) is 5.17 Å². The van der Waals surface area contributed by atoms with Crippen LogP contribution in [0, 0.1) is 0 Å². The number of hydrogen-bond acceptors (Lipinski definition) is 6. The highest BCUT2D eigenvalue weighted by atomic mass is 35.5. The molecular formula is C19H17ClN4O3S. The Bertz CT molecular complexity index is 931. The smallest absolute Gasteiger partial charge is 0.238 e. The largest absolute Gasteiger partial charge is 0.497 e. The number of anilines is 1. The Hall–Kier alpha value is -2.84. The fourth-order valence-electron chi connectivity index (χ4n) is 2.35. The van der Waals surface area contributed by atoms with Crippen molar-refractivity contribution >= 4 is 52.2 Å². The molecule has 0 radical (unpaired) electrons. The second-order valence-corrected chi connectivity index (χ2v) is 7.35. The maximum atomic E-state index is 12.5. The molecule has 0 spiro atoms. The van der Waals surface area contributed by atoms with Crippen molar-refractivity contribution < 1.29 is 14.3 Å². The minimum absolute atomic E-state index is 0.0438. The first kappa shape index (κ1) is 19.9. The molecule has 2 aromatic rings. The predicted octanol–water partition coefficient (Wildman–Crippen LogP) is 3.30. The van der Waals surface area contributed by atoms with E-state index in [0.29, 0.717) is 10.7 Å². The molecule has 1 atom stereocenters. The van der Waals surface area contributed by atoms with Crippen LogP contribution in [0.4, 0.5) is 5.69 Å². The van der Waals surface area contributed by atoms with Crippen LogP contribution in [0.1, 0.15) is 12.0 Å². The number of benzene rings is 2. The standard InChI is InChI=1S/C19H17ClN4O3S/c1-27-13-8-6-12(7-9-13)11-21-24-19-23-17(25)10-16(28-19)18(26)22-15-5-3-2-4-14(15)20/h2-9,11,16H,10H2,1H3,(H,22,26)(H,23,24,25). The number of carbonyl (C=O) groups is 2. The zero-order chi connectivity index (χ0) is 19.9. The van der Waals surface area contributed by atoms with Crippen molar-refractivity contribution in [2.45, 2.75) is 11.7 Å². The van der Waals surface area contributed by atoms with Crippen LogP contribution in [-0.2, 0) is 9.59 Å². The van der Waals surface area contributed by atoms with E-state index in [2.05, 4.69) is 20.8 Å². The number of rotatable bonds is 5. The summed E-state index contributed by atoms with van der Waals surface area (Å²) in [6.45, 7) is 0. The number of nitrogens with zero attached hydrogens (tertiary/aromatic N) is 2. The van der Waals surface area contributed by atoms with Gasteiger partial charge in [-0.2, -0.15) is 5.10 Å². The van der Waals surface area contributed by atoms with E-state index in [1.54, 1.807) is 49.7 Å². The third kappa shape index (κ3) is 5.34. The fourth-order valence-corrected chi connectivity index (χ4v) is 3.47.